The molecule has 0 radical (unpaired) electrons. The van der Waals surface area contributed by atoms with Crippen LogP contribution in [-0.2, 0) is 6.42 Å². The van der Waals surface area contributed by atoms with Crippen molar-refractivity contribution in [2.45, 2.75) is 12.8 Å². The summed E-state index contributed by atoms with van der Waals surface area (Å²) >= 11 is 3.30. The van der Waals surface area contributed by atoms with Gasteiger partial charge in [0.15, 0.2) is 11.5 Å². The average molecular weight is 255 g/mol. The molecule has 0 aromatic heterocycles. The molecule has 0 saturated heterocycles. The highest BCUT2D eigenvalue weighted by molar-refractivity contribution is 9.10. The van der Waals surface area contributed by atoms with E-state index in [0.29, 0.717) is 16.6 Å². The fourth-order valence-electron chi connectivity index (χ4n) is 1.15. The lowest BCUT2D eigenvalue weighted by molar-refractivity contribution is 0.371. The van der Waals surface area contributed by atoms with Gasteiger partial charge in [-0.2, -0.15) is 0 Å². The van der Waals surface area contributed by atoms with Gasteiger partial charge in [0.05, 0.1) is 11.6 Å². The summed E-state index contributed by atoms with van der Waals surface area (Å²) in [7, 11) is 1.52. The van der Waals surface area contributed by atoms with Gasteiger partial charge < -0.3 is 9.84 Å². The van der Waals surface area contributed by atoms with Crippen LogP contribution < -0.4 is 4.74 Å². The first-order valence-corrected chi connectivity index (χ1v) is 4.97. The van der Waals surface area contributed by atoms with Crippen LogP contribution >= 0.6 is 15.9 Å². The van der Waals surface area contributed by atoms with Crippen molar-refractivity contribution in [2.75, 3.05) is 7.11 Å². The van der Waals surface area contributed by atoms with Gasteiger partial charge in [0.25, 0.3) is 0 Å². The SMILES string of the molecule is C#CCCc1ccc(OC)c(O)c1Br. The second-order valence-corrected chi connectivity index (χ2v) is 3.59. The van der Waals surface area contributed by atoms with Crippen LogP contribution in [0.5, 0.6) is 11.5 Å². The van der Waals surface area contributed by atoms with Crippen LogP contribution in [0.25, 0.3) is 0 Å². The summed E-state index contributed by atoms with van der Waals surface area (Å²) in [4.78, 5) is 0. The molecule has 3 heteroatoms. The highest BCUT2D eigenvalue weighted by Gasteiger charge is 2.09. The predicted molar refractivity (Wildman–Crippen MR) is 59.5 cm³/mol. The van der Waals surface area contributed by atoms with E-state index in [9.17, 15) is 5.11 Å². The molecule has 2 nitrogen and oxygen atoms in total. The Kier molecular flexibility index (Phi) is 3.84. The zero-order chi connectivity index (χ0) is 10.6. The number of hydrogen-bond donors (Lipinski definition) is 1. The maximum Gasteiger partial charge on any atom is 0.172 e. The molecule has 0 unspecified atom stereocenters. The van der Waals surface area contributed by atoms with Crippen LogP contribution in [0.4, 0.5) is 0 Å². The second kappa shape index (κ2) is 4.92. The molecule has 1 N–H and O–H groups in total. The third-order valence-electron chi connectivity index (χ3n) is 1.92. The van der Waals surface area contributed by atoms with Gasteiger partial charge in [0, 0.05) is 6.42 Å². The van der Waals surface area contributed by atoms with Gasteiger partial charge in [0.1, 0.15) is 0 Å². The van der Waals surface area contributed by atoms with Crippen LogP contribution in [0, 0.1) is 12.3 Å². The summed E-state index contributed by atoms with van der Waals surface area (Å²) in [5.41, 5.74) is 0.987. The summed E-state index contributed by atoms with van der Waals surface area (Å²) < 4.78 is 5.62. The van der Waals surface area contributed by atoms with E-state index in [1.54, 1.807) is 6.07 Å². The van der Waals surface area contributed by atoms with Crippen LogP contribution in [0.3, 0.4) is 0 Å². The van der Waals surface area contributed by atoms with E-state index in [1.807, 2.05) is 6.07 Å². The van der Waals surface area contributed by atoms with Crippen molar-refractivity contribution in [1.82, 2.24) is 0 Å². The Balaban J connectivity index is 2.99. The minimum Gasteiger partial charge on any atom is -0.503 e. The Hall–Kier alpha value is -1.14. The van der Waals surface area contributed by atoms with Crippen molar-refractivity contribution < 1.29 is 9.84 Å². The quantitative estimate of drug-likeness (QED) is 0.841. The molecule has 1 aromatic carbocycles. The minimum absolute atomic E-state index is 0.127. The number of phenols is 1. The Morgan fingerprint density at radius 1 is 1.57 bits per heavy atom. The van der Waals surface area contributed by atoms with Gasteiger partial charge in [-0.05, 0) is 34.0 Å². The first-order valence-electron chi connectivity index (χ1n) is 4.18. The van der Waals surface area contributed by atoms with Crippen molar-refractivity contribution >= 4 is 15.9 Å². The van der Waals surface area contributed by atoms with E-state index < -0.39 is 0 Å². The third kappa shape index (κ3) is 2.21. The number of ether oxygens (including phenoxy) is 1. The number of benzene rings is 1. The van der Waals surface area contributed by atoms with Crippen molar-refractivity contribution in [3.8, 4) is 23.8 Å². The zero-order valence-electron chi connectivity index (χ0n) is 7.88. The lowest BCUT2D eigenvalue weighted by Gasteiger charge is -2.08. The van der Waals surface area contributed by atoms with E-state index >= 15 is 0 Å². The first kappa shape index (κ1) is 10.9. The number of aryl methyl sites for hydroxylation is 1. The molecule has 0 heterocycles. The highest BCUT2D eigenvalue weighted by Crippen LogP contribution is 2.36. The van der Waals surface area contributed by atoms with Crippen LogP contribution in [0.2, 0.25) is 0 Å². The van der Waals surface area contributed by atoms with Crippen molar-refractivity contribution in [3.63, 3.8) is 0 Å². The summed E-state index contributed by atoms with van der Waals surface area (Å²) in [6.07, 6.45) is 6.57. The summed E-state index contributed by atoms with van der Waals surface area (Å²) in [5, 5.41) is 9.65. The van der Waals surface area contributed by atoms with Crippen LogP contribution in [0.1, 0.15) is 12.0 Å². The lowest BCUT2D eigenvalue weighted by atomic mass is 10.1. The molecule has 14 heavy (non-hydrogen) atoms. The van der Waals surface area contributed by atoms with E-state index in [0.717, 1.165) is 12.0 Å². The molecule has 74 valence electrons. The Labute approximate surface area is 92.0 Å². The largest absolute Gasteiger partial charge is 0.503 e. The monoisotopic (exact) mass is 254 g/mol. The number of halogens is 1. The molecule has 1 rings (SSSR count). The van der Waals surface area contributed by atoms with E-state index in [1.165, 1.54) is 7.11 Å². The van der Waals surface area contributed by atoms with E-state index in [4.69, 9.17) is 11.2 Å². The number of rotatable bonds is 3. The van der Waals surface area contributed by atoms with Crippen LogP contribution in [-0.4, -0.2) is 12.2 Å². The molecule has 1 aromatic rings. The van der Waals surface area contributed by atoms with Gasteiger partial charge in [-0.1, -0.05) is 6.07 Å². The lowest BCUT2D eigenvalue weighted by Crippen LogP contribution is -1.90. The normalized spacial score (nSPS) is 9.50. The second-order valence-electron chi connectivity index (χ2n) is 2.79. The third-order valence-corrected chi connectivity index (χ3v) is 2.80. The standard InChI is InChI=1S/C11H11BrO2/c1-3-4-5-8-6-7-9(14-2)11(13)10(8)12/h1,6-7,13H,4-5H2,2H3. The fourth-order valence-corrected chi connectivity index (χ4v) is 1.68. The Morgan fingerprint density at radius 3 is 2.86 bits per heavy atom. The van der Waals surface area contributed by atoms with Crippen molar-refractivity contribution in [3.05, 3.63) is 22.2 Å². The molecule has 0 amide bonds. The van der Waals surface area contributed by atoms with Gasteiger partial charge in [-0.25, -0.2) is 0 Å². The molecule has 0 aliphatic rings. The van der Waals surface area contributed by atoms with Gasteiger partial charge >= 0.3 is 0 Å². The summed E-state index contributed by atoms with van der Waals surface area (Å²) in [6, 6.07) is 3.62. The van der Waals surface area contributed by atoms with Gasteiger partial charge in [-0.3, -0.25) is 0 Å². The number of terminal acetylenes is 1. The highest BCUT2D eigenvalue weighted by atomic mass is 79.9. The van der Waals surface area contributed by atoms with E-state index in [-0.39, 0.29) is 5.75 Å². The maximum absolute atomic E-state index is 9.65. The Morgan fingerprint density at radius 2 is 2.29 bits per heavy atom. The van der Waals surface area contributed by atoms with E-state index in [2.05, 4.69) is 21.9 Å². The first-order chi connectivity index (χ1) is 6.70. The fraction of sp³-hybridized carbons (Fsp3) is 0.273. The molecular formula is C11H11BrO2. The summed E-state index contributed by atoms with van der Waals surface area (Å²) in [5.74, 6) is 3.14. The van der Waals surface area contributed by atoms with Gasteiger partial charge in [-0.15, -0.1) is 12.3 Å². The minimum atomic E-state index is 0.127. The predicted octanol–water partition coefficient (Wildman–Crippen LogP) is 2.73. The molecule has 0 saturated carbocycles. The van der Waals surface area contributed by atoms with Crippen LogP contribution in [0.15, 0.2) is 16.6 Å². The molecular weight excluding hydrogens is 244 g/mol. The smallest absolute Gasteiger partial charge is 0.172 e. The molecule has 0 atom stereocenters. The molecule has 0 aliphatic carbocycles. The zero-order valence-corrected chi connectivity index (χ0v) is 9.47. The maximum atomic E-state index is 9.65. The number of methoxy groups -OCH3 is 1. The molecule has 0 bridgehead atoms. The van der Waals surface area contributed by atoms with Gasteiger partial charge in [0.2, 0.25) is 0 Å². The topological polar surface area (TPSA) is 29.5 Å². The summed E-state index contributed by atoms with van der Waals surface area (Å²) in [6.45, 7) is 0. The number of aromatic hydroxyl groups is 1. The number of phenolic OH excluding ortho intramolecular Hbond substituents is 1. The molecule has 0 aliphatic heterocycles. The van der Waals surface area contributed by atoms with Crippen molar-refractivity contribution in [1.29, 1.82) is 0 Å². The molecule has 0 fully saturated rings. The Bertz CT molecular complexity index is 366. The van der Waals surface area contributed by atoms with Crippen molar-refractivity contribution in [2.24, 2.45) is 0 Å². The molecule has 0 spiro atoms. The average Bonchev–Trinajstić information content (AvgIpc) is 2.20. The number of hydrogen-bond acceptors (Lipinski definition) is 2.